The van der Waals surface area contributed by atoms with Crippen molar-refractivity contribution in [1.82, 2.24) is 9.97 Å². The van der Waals surface area contributed by atoms with Gasteiger partial charge in [-0.15, -0.1) is 0 Å². The van der Waals surface area contributed by atoms with Gasteiger partial charge in [-0.2, -0.15) is 0 Å². The Labute approximate surface area is 146 Å². The zero-order valence-corrected chi connectivity index (χ0v) is 14.2. The molecule has 0 aliphatic carbocycles. The number of benzene rings is 1. The Hall–Kier alpha value is -2.89. The summed E-state index contributed by atoms with van der Waals surface area (Å²) in [6.45, 7) is 1.50. The van der Waals surface area contributed by atoms with Crippen LogP contribution >= 0.6 is 0 Å². The molecule has 1 amide bonds. The van der Waals surface area contributed by atoms with Crippen molar-refractivity contribution in [2.45, 2.75) is 19.3 Å². The molecule has 0 unspecified atom stereocenters. The topological polar surface area (TPSA) is 62.5 Å². The molecule has 0 saturated carbocycles. The molecule has 3 heterocycles. The highest BCUT2D eigenvalue weighted by molar-refractivity contribution is 5.96. The van der Waals surface area contributed by atoms with E-state index in [1.807, 2.05) is 43.4 Å². The van der Waals surface area contributed by atoms with Gasteiger partial charge in [0.25, 0.3) is 0 Å². The molecule has 0 atom stereocenters. The second kappa shape index (κ2) is 6.55. The van der Waals surface area contributed by atoms with E-state index in [0.29, 0.717) is 25.2 Å². The molecular weight excluding hydrogens is 316 g/mol. The predicted molar refractivity (Wildman–Crippen MR) is 96.8 cm³/mol. The molecule has 0 saturated heterocycles. The first-order valence-corrected chi connectivity index (χ1v) is 8.53. The van der Waals surface area contributed by atoms with Crippen molar-refractivity contribution in [3.8, 4) is 0 Å². The monoisotopic (exact) mass is 336 g/mol. The normalized spacial score (nSPS) is 14.4. The molecule has 6 heteroatoms. The maximum absolute atomic E-state index is 12.8. The highest BCUT2D eigenvalue weighted by atomic mass is 16.3. The molecule has 1 aromatic carbocycles. The summed E-state index contributed by atoms with van der Waals surface area (Å²) in [5.41, 5.74) is 1.65. The maximum Gasteiger partial charge on any atom is 0.228 e. The summed E-state index contributed by atoms with van der Waals surface area (Å²) >= 11 is 0. The third-order valence-electron chi connectivity index (χ3n) is 4.49. The first-order valence-electron chi connectivity index (χ1n) is 8.53. The fourth-order valence-electron chi connectivity index (χ4n) is 3.16. The smallest absolute Gasteiger partial charge is 0.228 e. The highest BCUT2D eigenvalue weighted by Gasteiger charge is 2.26. The highest BCUT2D eigenvalue weighted by Crippen LogP contribution is 2.30. The minimum atomic E-state index is 0.0533. The first-order chi connectivity index (χ1) is 12.2. The first kappa shape index (κ1) is 15.6. The molecule has 25 heavy (non-hydrogen) atoms. The average Bonchev–Trinajstić information content (AvgIpc) is 3.10. The number of para-hydroxylation sites is 2. The number of furan rings is 1. The van der Waals surface area contributed by atoms with E-state index in [-0.39, 0.29) is 5.91 Å². The van der Waals surface area contributed by atoms with Crippen LogP contribution < -0.4 is 9.80 Å². The van der Waals surface area contributed by atoms with Crippen LogP contribution in [-0.4, -0.2) is 36.0 Å². The van der Waals surface area contributed by atoms with Crippen LogP contribution in [0.1, 0.15) is 18.6 Å². The van der Waals surface area contributed by atoms with E-state index in [1.54, 1.807) is 11.2 Å². The third-order valence-corrected chi connectivity index (χ3v) is 4.49. The van der Waals surface area contributed by atoms with Crippen LogP contribution in [-0.2, 0) is 11.2 Å². The zero-order chi connectivity index (χ0) is 17.2. The number of hydrogen-bond donors (Lipinski definition) is 0. The number of aryl methyl sites for hydroxylation is 1. The fourth-order valence-corrected chi connectivity index (χ4v) is 3.16. The van der Waals surface area contributed by atoms with Crippen LogP contribution in [0.15, 0.2) is 47.1 Å². The van der Waals surface area contributed by atoms with Gasteiger partial charge in [0.1, 0.15) is 5.76 Å². The molecule has 2 aromatic heterocycles. The molecule has 1 aliphatic heterocycles. The van der Waals surface area contributed by atoms with Crippen molar-refractivity contribution in [2.24, 2.45) is 0 Å². The number of carbonyl (C=O) groups is 1. The molecule has 6 nitrogen and oxygen atoms in total. The number of amides is 1. The molecule has 0 N–H and O–H groups in total. The fraction of sp³-hybridized carbons (Fsp3) is 0.316. The van der Waals surface area contributed by atoms with Gasteiger partial charge in [0.15, 0.2) is 11.6 Å². The largest absolute Gasteiger partial charge is 0.469 e. The number of carbonyl (C=O) groups excluding carboxylic acids is 1. The van der Waals surface area contributed by atoms with Crippen LogP contribution in [0.3, 0.4) is 0 Å². The minimum Gasteiger partial charge on any atom is -0.469 e. The van der Waals surface area contributed by atoms with E-state index in [2.05, 4.69) is 4.90 Å². The minimum absolute atomic E-state index is 0.0533. The van der Waals surface area contributed by atoms with Gasteiger partial charge < -0.3 is 9.32 Å². The van der Waals surface area contributed by atoms with Gasteiger partial charge in [0.2, 0.25) is 5.91 Å². The van der Waals surface area contributed by atoms with E-state index in [0.717, 1.165) is 35.6 Å². The lowest BCUT2D eigenvalue weighted by Crippen LogP contribution is -2.32. The van der Waals surface area contributed by atoms with Crippen LogP contribution in [0.5, 0.6) is 0 Å². The van der Waals surface area contributed by atoms with E-state index >= 15 is 0 Å². The SMILES string of the molecule is CN1CCCN(C(=O)CCc2ccco2)c2nc3ccccc3nc21. The predicted octanol–water partition coefficient (Wildman–Crippen LogP) is 3.03. The molecule has 0 bridgehead atoms. The van der Waals surface area contributed by atoms with Gasteiger partial charge >= 0.3 is 0 Å². The summed E-state index contributed by atoms with van der Waals surface area (Å²) in [6, 6.07) is 11.5. The Balaban J connectivity index is 1.67. The number of anilines is 2. The van der Waals surface area contributed by atoms with Crippen molar-refractivity contribution in [1.29, 1.82) is 0 Å². The zero-order valence-electron chi connectivity index (χ0n) is 14.2. The summed E-state index contributed by atoms with van der Waals surface area (Å²) in [4.78, 5) is 26.2. The lowest BCUT2D eigenvalue weighted by molar-refractivity contribution is -0.118. The molecule has 0 spiro atoms. The van der Waals surface area contributed by atoms with Gasteiger partial charge in [-0.3, -0.25) is 9.69 Å². The van der Waals surface area contributed by atoms with E-state index in [9.17, 15) is 4.79 Å². The summed E-state index contributed by atoms with van der Waals surface area (Å²) in [5, 5.41) is 0. The van der Waals surface area contributed by atoms with Crippen LogP contribution in [0.4, 0.5) is 11.6 Å². The molecule has 0 fully saturated rings. The van der Waals surface area contributed by atoms with Gasteiger partial charge in [-0.25, -0.2) is 9.97 Å². The Morgan fingerprint density at radius 2 is 1.84 bits per heavy atom. The summed E-state index contributed by atoms with van der Waals surface area (Å²) in [5.74, 6) is 2.30. The van der Waals surface area contributed by atoms with Crippen molar-refractivity contribution in [2.75, 3.05) is 29.9 Å². The molecular formula is C19H20N4O2. The van der Waals surface area contributed by atoms with E-state index < -0.39 is 0 Å². The number of aromatic nitrogens is 2. The van der Waals surface area contributed by atoms with Crippen LogP contribution in [0, 0.1) is 0 Å². The molecule has 128 valence electrons. The Morgan fingerprint density at radius 1 is 1.08 bits per heavy atom. The quantitative estimate of drug-likeness (QED) is 0.736. The molecule has 4 rings (SSSR count). The third kappa shape index (κ3) is 3.07. The number of nitrogens with zero attached hydrogens (tertiary/aromatic N) is 4. The van der Waals surface area contributed by atoms with Crippen molar-refractivity contribution in [3.05, 3.63) is 48.4 Å². The van der Waals surface area contributed by atoms with Crippen molar-refractivity contribution in [3.63, 3.8) is 0 Å². The standard InChI is InChI=1S/C19H20N4O2/c1-22-11-5-12-23(17(24)10-9-14-6-4-13-25-14)19-18(22)20-15-7-2-3-8-16(15)21-19/h2-4,6-8,13H,5,9-12H2,1H3. The number of fused-ring (bicyclic) bond motifs is 2. The van der Waals surface area contributed by atoms with E-state index in [1.165, 1.54) is 0 Å². The second-order valence-electron chi connectivity index (χ2n) is 6.26. The average molecular weight is 336 g/mol. The van der Waals surface area contributed by atoms with E-state index in [4.69, 9.17) is 14.4 Å². The van der Waals surface area contributed by atoms with Gasteiger partial charge in [-0.05, 0) is 30.7 Å². The Kier molecular flexibility index (Phi) is 4.09. The Morgan fingerprint density at radius 3 is 2.56 bits per heavy atom. The summed E-state index contributed by atoms with van der Waals surface area (Å²) in [6.07, 6.45) is 3.50. The lowest BCUT2D eigenvalue weighted by atomic mass is 10.2. The summed E-state index contributed by atoms with van der Waals surface area (Å²) in [7, 11) is 2.00. The number of rotatable bonds is 3. The molecule has 1 aliphatic rings. The van der Waals surface area contributed by atoms with Gasteiger partial charge in [0, 0.05) is 33.0 Å². The lowest BCUT2D eigenvalue weighted by Gasteiger charge is -2.22. The molecule has 0 radical (unpaired) electrons. The second-order valence-corrected chi connectivity index (χ2v) is 6.26. The van der Waals surface area contributed by atoms with Gasteiger partial charge in [-0.1, -0.05) is 12.1 Å². The van der Waals surface area contributed by atoms with Crippen molar-refractivity contribution < 1.29 is 9.21 Å². The van der Waals surface area contributed by atoms with Gasteiger partial charge in [0.05, 0.1) is 17.3 Å². The van der Waals surface area contributed by atoms with Crippen molar-refractivity contribution >= 4 is 28.6 Å². The molecule has 3 aromatic rings. The van der Waals surface area contributed by atoms with Crippen LogP contribution in [0.25, 0.3) is 11.0 Å². The van der Waals surface area contributed by atoms with Crippen LogP contribution in [0.2, 0.25) is 0 Å². The number of hydrogen-bond acceptors (Lipinski definition) is 5. The maximum atomic E-state index is 12.8. The Bertz CT molecular complexity index is 892. The summed E-state index contributed by atoms with van der Waals surface area (Å²) < 4.78 is 5.33.